The SMILES string of the molecule is CCC(C)c1ccc(-c2csc(NC(=O)c3ccc(Cl)cc3)n2)cc1. The number of nitrogens with one attached hydrogen (secondary N) is 1. The molecule has 0 aliphatic carbocycles. The lowest BCUT2D eigenvalue weighted by Gasteiger charge is -2.08. The number of aromatic nitrogens is 1. The highest BCUT2D eigenvalue weighted by molar-refractivity contribution is 7.14. The van der Waals surface area contributed by atoms with Crippen molar-refractivity contribution in [2.75, 3.05) is 5.32 Å². The van der Waals surface area contributed by atoms with Crippen molar-refractivity contribution < 1.29 is 4.79 Å². The zero-order valence-electron chi connectivity index (χ0n) is 14.1. The molecule has 1 amide bonds. The first-order valence-corrected chi connectivity index (χ1v) is 9.45. The van der Waals surface area contributed by atoms with Gasteiger partial charge in [0.25, 0.3) is 5.91 Å². The molecule has 0 bridgehead atoms. The van der Waals surface area contributed by atoms with Crippen LogP contribution >= 0.6 is 22.9 Å². The number of carbonyl (C=O) groups is 1. The lowest BCUT2D eigenvalue weighted by atomic mass is 9.97. The highest BCUT2D eigenvalue weighted by Gasteiger charge is 2.10. The first-order chi connectivity index (χ1) is 12.1. The topological polar surface area (TPSA) is 42.0 Å². The molecule has 0 fully saturated rings. The summed E-state index contributed by atoms with van der Waals surface area (Å²) in [6.07, 6.45) is 1.12. The summed E-state index contributed by atoms with van der Waals surface area (Å²) in [6, 6.07) is 15.2. The normalized spacial score (nSPS) is 12.0. The Labute approximate surface area is 156 Å². The zero-order chi connectivity index (χ0) is 17.8. The van der Waals surface area contributed by atoms with Gasteiger partial charge in [0.2, 0.25) is 0 Å². The van der Waals surface area contributed by atoms with E-state index in [2.05, 4.69) is 48.4 Å². The third-order valence-electron chi connectivity index (χ3n) is 4.22. The van der Waals surface area contributed by atoms with Gasteiger partial charge in [0.15, 0.2) is 5.13 Å². The van der Waals surface area contributed by atoms with Crippen LogP contribution in [0.3, 0.4) is 0 Å². The van der Waals surface area contributed by atoms with Gasteiger partial charge in [-0.2, -0.15) is 0 Å². The fourth-order valence-electron chi connectivity index (χ4n) is 2.45. The van der Waals surface area contributed by atoms with Crippen molar-refractivity contribution in [3.05, 3.63) is 70.1 Å². The van der Waals surface area contributed by atoms with Crippen LogP contribution in [0.5, 0.6) is 0 Å². The lowest BCUT2D eigenvalue weighted by Crippen LogP contribution is -2.11. The minimum atomic E-state index is -0.190. The molecular weight excluding hydrogens is 352 g/mol. The molecule has 1 aromatic heterocycles. The third kappa shape index (κ3) is 4.27. The number of hydrogen-bond acceptors (Lipinski definition) is 3. The van der Waals surface area contributed by atoms with Gasteiger partial charge in [-0.1, -0.05) is 49.7 Å². The molecule has 0 spiro atoms. The molecular formula is C20H19ClN2OS. The van der Waals surface area contributed by atoms with Crippen molar-refractivity contribution in [1.82, 2.24) is 4.98 Å². The maximum atomic E-state index is 12.2. The van der Waals surface area contributed by atoms with Crippen LogP contribution in [0.1, 0.15) is 42.1 Å². The molecule has 3 nitrogen and oxygen atoms in total. The largest absolute Gasteiger partial charge is 0.298 e. The number of thiazole rings is 1. The van der Waals surface area contributed by atoms with Gasteiger partial charge < -0.3 is 0 Å². The van der Waals surface area contributed by atoms with Crippen molar-refractivity contribution in [3.8, 4) is 11.3 Å². The van der Waals surface area contributed by atoms with Gasteiger partial charge in [0.05, 0.1) is 5.69 Å². The highest BCUT2D eigenvalue weighted by Crippen LogP contribution is 2.27. The first-order valence-electron chi connectivity index (χ1n) is 8.19. The predicted octanol–water partition coefficient (Wildman–Crippen LogP) is 6.23. The smallest absolute Gasteiger partial charge is 0.257 e. The van der Waals surface area contributed by atoms with E-state index in [0.29, 0.717) is 21.6 Å². The van der Waals surface area contributed by atoms with Gasteiger partial charge >= 0.3 is 0 Å². The van der Waals surface area contributed by atoms with Crippen LogP contribution in [0, 0.1) is 0 Å². The van der Waals surface area contributed by atoms with Crippen LogP contribution in [0.2, 0.25) is 5.02 Å². The Morgan fingerprint density at radius 3 is 2.48 bits per heavy atom. The Morgan fingerprint density at radius 2 is 1.84 bits per heavy atom. The summed E-state index contributed by atoms with van der Waals surface area (Å²) in [5, 5.41) is 5.98. The van der Waals surface area contributed by atoms with Gasteiger partial charge in [-0.25, -0.2) is 4.98 Å². The number of hydrogen-bond donors (Lipinski definition) is 1. The maximum Gasteiger partial charge on any atom is 0.257 e. The van der Waals surface area contributed by atoms with Crippen molar-refractivity contribution >= 4 is 34.0 Å². The summed E-state index contributed by atoms with van der Waals surface area (Å²) in [4.78, 5) is 16.8. The number of nitrogens with zero attached hydrogens (tertiary/aromatic N) is 1. The predicted molar refractivity (Wildman–Crippen MR) is 106 cm³/mol. The molecule has 1 heterocycles. The van der Waals surface area contributed by atoms with E-state index < -0.39 is 0 Å². The Balaban J connectivity index is 1.71. The molecule has 5 heteroatoms. The van der Waals surface area contributed by atoms with Gasteiger partial charge in [0, 0.05) is 21.5 Å². The Bertz CT molecular complexity index is 856. The molecule has 25 heavy (non-hydrogen) atoms. The number of carbonyl (C=O) groups excluding carboxylic acids is 1. The second-order valence-electron chi connectivity index (χ2n) is 5.93. The van der Waals surface area contributed by atoms with E-state index >= 15 is 0 Å². The van der Waals surface area contributed by atoms with Crippen LogP contribution in [0.4, 0.5) is 5.13 Å². The molecule has 0 saturated carbocycles. The van der Waals surface area contributed by atoms with Gasteiger partial charge in [-0.15, -0.1) is 11.3 Å². The highest BCUT2D eigenvalue weighted by atomic mass is 35.5. The molecule has 1 unspecified atom stereocenters. The monoisotopic (exact) mass is 370 g/mol. The molecule has 128 valence electrons. The molecule has 0 saturated heterocycles. The average molecular weight is 371 g/mol. The van der Waals surface area contributed by atoms with Crippen LogP contribution in [0.15, 0.2) is 53.9 Å². The molecule has 3 rings (SSSR count). The van der Waals surface area contributed by atoms with E-state index in [9.17, 15) is 4.79 Å². The third-order valence-corrected chi connectivity index (χ3v) is 5.23. The minimum absolute atomic E-state index is 0.190. The van der Waals surface area contributed by atoms with Crippen LogP contribution in [-0.4, -0.2) is 10.9 Å². The molecule has 0 aliphatic heterocycles. The summed E-state index contributed by atoms with van der Waals surface area (Å²) < 4.78 is 0. The Kier molecular flexibility index (Phi) is 5.51. The van der Waals surface area contributed by atoms with E-state index in [1.165, 1.54) is 16.9 Å². The molecule has 0 aliphatic rings. The number of benzene rings is 2. The molecule has 1 atom stereocenters. The maximum absolute atomic E-state index is 12.2. The quantitative estimate of drug-likeness (QED) is 0.578. The van der Waals surface area contributed by atoms with E-state index in [0.717, 1.165) is 17.7 Å². The Hall–Kier alpha value is -2.17. The fourth-order valence-corrected chi connectivity index (χ4v) is 3.29. The van der Waals surface area contributed by atoms with E-state index in [-0.39, 0.29) is 5.91 Å². The summed E-state index contributed by atoms with van der Waals surface area (Å²) in [6.45, 7) is 4.41. The Morgan fingerprint density at radius 1 is 1.16 bits per heavy atom. The average Bonchev–Trinajstić information content (AvgIpc) is 3.10. The molecule has 2 aromatic carbocycles. The van der Waals surface area contributed by atoms with Crippen molar-refractivity contribution in [3.63, 3.8) is 0 Å². The van der Waals surface area contributed by atoms with Gasteiger partial charge in [0.1, 0.15) is 0 Å². The van der Waals surface area contributed by atoms with Crippen LogP contribution in [-0.2, 0) is 0 Å². The zero-order valence-corrected chi connectivity index (χ0v) is 15.7. The first kappa shape index (κ1) is 17.6. The second-order valence-corrected chi connectivity index (χ2v) is 7.22. The van der Waals surface area contributed by atoms with Crippen LogP contribution in [0.25, 0.3) is 11.3 Å². The van der Waals surface area contributed by atoms with Gasteiger partial charge in [-0.05, 0) is 42.2 Å². The summed E-state index contributed by atoms with van der Waals surface area (Å²) in [5.74, 6) is 0.364. The fraction of sp³-hybridized carbons (Fsp3) is 0.200. The van der Waals surface area contributed by atoms with Crippen molar-refractivity contribution in [2.45, 2.75) is 26.2 Å². The summed E-state index contributed by atoms with van der Waals surface area (Å²) in [5.41, 5.74) is 3.80. The number of amides is 1. The summed E-state index contributed by atoms with van der Waals surface area (Å²) in [7, 11) is 0. The lowest BCUT2D eigenvalue weighted by molar-refractivity contribution is 0.102. The van der Waals surface area contributed by atoms with E-state index in [1.54, 1.807) is 24.3 Å². The van der Waals surface area contributed by atoms with Crippen molar-refractivity contribution in [1.29, 1.82) is 0 Å². The van der Waals surface area contributed by atoms with Gasteiger partial charge in [-0.3, -0.25) is 10.1 Å². The number of rotatable bonds is 5. The second kappa shape index (κ2) is 7.81. The minimum Gasteiger partial charge on any atom is -0.298 e. The van der Waals surface area contributed by atoms with Crippen LogP contribution < -0.4 is 5.32 Å². The van der Waals surface area contributed by atoms with E-state index in [4.69, 9.17) is 11.6 Å². The number of anilines is 1. The number of halogens is 1. The molecule has 1 N–H and O–H groups in total. The molecule has 3 aromatic rings. The van der Waals surface area contributed by atoms with E-state index in [1.807, 2.05) is 5.38 Å². The summed E-state index contributed by atoms with van der Waals surface area (Å²) >= 11 is 7.26. The molecule has 0 radical (unpaired) electrons. The van der Waals surface area contributed by atoms with Crippen molar-refractivity contribution in [2.24, 2.45) is 0 Å². The standard InChI is InChI=1S/C20H19ClN2OS/c1-3-13(2)14-4-6-15(7-5-14)18-12-25-20(22-18)23-19(24)16-8-10-17(21)11-9-16/h4-13H,3H2,1-2H3,(H,22,23,24).